The summed E-state index contributed by atoms with van der Waals surface area (Å²) in [6.07, 6.45) is 17.5. The Kier molecular flexibility index (Phi) is 8.97. The molecule has 3 rings (SSSR count). The van der Waals surface area contributed by atoms with Crippen LogP contribution in [0.2, 0.25) is 0 Å². The molecule has 0 spiro atoms. The van der Waals surface area contributed by atoms with E-state index in [9.17, 15) is 4.39 Å². The normalized spacial score (nSPS) is 15.6. The number of nitrogens with two attached hydrogens (primary N) is 1. The van der Waals surface area contributed by atoms with Crippen molar-refractivity contribution in [3.05, 3.63) is 59.2 Å². The monoisotopic (exact) mass is 463 g/mol. The lowest BCUT2D eigenvalue weighted by Crippen LogP contribution is -2.30. The molecule has 0 aromatic carbocycles. The Morgan fingerprint density at radius 2 is 1.94 bits per heavy atom. The third-order valence-corrected chi connectivity index (χ3v) is 6.31. The highest BCUT2D eigenvalue weighted by atomic mass is 19.1. The minimum atomic E-state index is -1.51. The van der Waals surface area contributed by atoms with E-state index in [-0.39, 0.29) is 0 Å². The van der Waals surface area contributed by atoms with E-state index in [1.54, 1.807) is 12.2 Å². The van der Waals surface area contributed by atoms with Crippen LogP contribution in [0.4, 0.5) is 10.1 Å². The Labute approximate surface area is 203 Å². The number of aryl methyl sites for hydroxylation is 2. The molecule has 0 amide bonds. The van der Waals surface area contributed by atoms with Gasteiger partial charge in [0, 0.05) is 48.5 Å². The highest BCUT2D eigenvalue weighted by molar-refractivity contribution is 5.75. The standard InChI is InChI=1S/C28H38FN5/c1-5-6-10-26-27(34-15-8-7-9-16-34)18-23(20-32-26)25-17-22(19-31-21(25)2)11-12-24(13-14-33-30)28(3,4)29/h11-14,17-20H,5-10,15-16,30H2,1-4H3/b12-11+,24-13+,33-14-. The van der Waals surface area contributed by atoms with Crippen LogP contribution >= 0.6 is 0 Å². The van der Waals surface area contributed by atoms with E-state index < -0.39 is 5.67 Å². The first-order chi connectivity index (χ1) is 16.3. The highest BCUT2D eigenvalue weighted by Gasteiger charge is 2.20. The van der Waals surface area contributed by atoms with Crippen molar-refractivity contribution < 1.29 is 4.39 Å². The number of halogens is 1. The van der Waals surface area contributed by atoms with E-state index in [0.29, 0.717) is 5.57 Å². The van der Waals surface area contributed by atoms with Crippen molar-refractivity contribution in [1.82, 2.24) is 9.97 Å². The van der Waals surface area contributed by atoms with Gasteiger partial charge >= 0.3 is 0 Å². The number of piperidine rings is 1. The van der Waals surface area contributed by atoms with Gasteiger partial charge in [-0.25, -0.2) is 4.39 Å². The minimum absolute atomic E-state index is 0.484. The molecule has 2 aromatic rings. The van der Waals surface area contributed by atoms with Gasteiger partial charge in [0.1, 0.15) is 5.67 Å². The number of nitrogens with zero attached hydrogens (tertiary/aromatic N) is 4. The largest absolute Gasteiger partial charge is 0.370 e. The second kappa shape index (κ2) is 11.9. The average Bonchev–Trinajstić information content (AvgIpc) is 2.83. The van der Waals surface area contributed by atoms with E-state index in [4.69, 9.17) is 10.8 Å². The zero-order chi connectivity index (χ0) is 24.6. The Morgan fingerprint density at radius 3 is 2.62 bits per heavy atom. The molecular weight excluding hydrogens is 425 g/mol. The molecule has 1 fully saturated rings. The Morgan fingerprint density at radius 1 is 1.18 bits per heavy atom. The lowest BCUT2D eigenvalue weighted by Gasteiger charge is -2.30. The summed E-state index contributed by atoms with van der Waals surface area (Å²) in [5, 5.41) is 3.46. The average molecular weight is 464 g/mol. The van der Waals surface area contributed by atoms with E-state index in [0.717, 1.165) is 54.7 Å². The molecule has 3 heterocycles. The fourth-order valence-corrected chi connectivity index (χ4v) is 4.27. The fraction of sp³-hybridized carbons (Fsp3) is 0.464. The number of allylic oxidation sites excluding steroid dienone is 3. The number of hydrogen-bond donors (Lipinski definition) is 1. The summed E-state index contributed by atoms with van der Waals surface area (Å²) in [4.78, 5) is 12.0. The Balaban J connectivity index is 1.97. The summed E-state index contributed by atoms with van der Waals surface area (Å²) in [5.41, 5.74) is 5.38. The van der Waals surface area contributed by atoms with Gasteiger partial charge in [0.15, 0.2) is 0 Å². The van der Waals surface area contributed by atoms with Gasteiger partial charge in [-0.05, 0) is 82.2 Å². The van der Waals surface area contributed by atoms with Crippen molar-refractivity contribution in [2.45, 2.75) is 71.9 Å². The molecule has 5 nitrogen and oxygen atoms in total. The van der Waals surface area contributed by atoms with Crippen molar-refractivity contribution in [2.75, 3.05) is 18.0 Å². The fourth-order valence-electron chi connectivity index (χ4n) is 4.27. The minimum Gasteiger partial charge on any atom is -0.370 e. The lowest BCUT2D eigenvalue weighted by molar-refractivity contribution is 0.274. The van der Waals surface area contributed by atoms with E-state index in [1.165, 1.54) is 50.7 Å². The Hall–Kier alpha value is -3.02. The first-order valence-corrected chi connectivity index (χ1v) is 12.4. The molecule has 0 unspecified atom stereocenters. The number of rotatable bonds is 9. The van der Waals surface area contributed by atoms with Gasteiger partial charge in [0.05, 0.1) is 11.4 Å². The highest BCUT2D eigenvalue weighted by Crippen LogP contribution is 2.31. The second-order valence-corrected chi connectivity index (χ2v) is 9.47. The van der Waals surface area contributed by atoms with Crippen molar-refractivity contribution >= 4 is 18.0 Å². The van der Waals surface area contributed by atoms with Crippen LogP contribution in [0.5, 0.6) is 0 Å². The summed E-state index contributed by atoms with van der Waals surface area (Å²) in [7, 11) is 0. The molecule has 1 aliphatic heterocycles. The number of unbranched alkanes of at least 4 members (excludes halogenated alkanes) is 1. The van der Waals surface area contributed by atoms with Crippen LogP contribution < -0.4 is 10.7 Å². The molecule has 6 heteroatoms. The number of aromatic nitrogens is 2. The topological polar surface area (TPSA) is 67.4 Å². The van der Waals surface area contributed by atoms with Crippen LogP contribution in [0, 0.1) is 6.92 Å². The first-order valence-electron chi connectivity index (χ1n) is 12.4. The molecule has 0 atom stereocenters. The Bertz CT molecular complexity index is 1040. The van der Waals surface area contributed by atoms with Crippen molar-refractivity contribution in [2.24, 2.45) is 10.9 Å². The quantitative estimate of drug-likeness (QED) is 0.202. The smallest absolute Gasteiger partial charge is 0.130 e. The summed E-state index contributed by atoms with van der Waals surface area (Å²) < 4.78 is 14.6. The molecule has 2 aromatic heterocycles. The van der Waals surface area contributed by atoms with Gasteiger partial charge in [-0.1, -0.05) is 25.5 Å². The van der Waals surface area contributed by atoms with Gasteiger partial charge in [-0.3, -0.25) is 9.97 Å². The van der Waals surface area contributed by atoms with Gasteiger partial charge in [0.25, 0.3) is 0 Å². The molecule has 0 radical (unpaired) electrons. The molecular formula is C28H38FN5. The van der Waals surface area contributed by atoms with Crippen molar-refractivity contribution in [3.8, 4) is 11.1 Å². The van der Waals surface area contributed by atoms with Crippen LogP contribution in [-0.2, 0) is 6.42 Å². The third-order valence-electron chi connectivity index (χ3n) is 6.31. The predicted molar refractivity (Wildman–Crippen MR) is 142 cm³/mol. The van der Waals surface area contributed by atoms with E-state index in [1.807, 2.05) is 25.4 Å². The number of anilines is 1. The summed E-state index contributed by atoms with van der Waals surface area (Å²) in [6.45, 7) is 9.44. The maximum absolute atomic E-state index is 14.6. The van der Waals surface area contributed by atoms with Gasteiger partial charge < -0.3 is 10.7 Å². The second-order valence-electron chi connectivity index (χ2n) is 9.47. The zero-order valence-corrected chi connectivity index (χ0v) is 21.0. The number of hydrogen-bond acceptors (Lipinski definition) is 5. The third kappa shape index (κ3) is 6.75. The molecule has 0 bridgehead atoms. The van der Waals surface area contributed by atoms with Crippen LogP contribution in [0.1, 0.15) is 69.8 Å². The zero-order valence-electron chi connectivity index (χ0n) is 21.0. The molecule has 1 aliphatic rings. The van der Waals surface area contributed by atoms with Crippen LogP contribution in [0.3, 0.4) is 0 Å². The first kappa shape index (κ1) is 25.6. The lowest BCUT2D eigenvalue weighted by atomic mass is 9.97. The molecule has 0 aliphatic carbocycles. The number of pyridine rings is 2. The van der Waals surface area contributed by atoms with Crippen LogP contribution in [0.25, 0.3) is 17.2 Å². The SMILES string of the molecule is CCCCc1ncc(-c2cc(/C=C/C(=C\C=N/N)C(C)(C)F)cnc2C)cc1N1CCCCC1. The van der Waals surface area contributed by atoms with Gasteiger partial charge in [-0.2, -0.15) is 5.10 Å². The molecule has 1 saturated heterocycles. The van der Waals surface area contributed by atoms with Gasteiger partial charge in [-0.15, -0.1) is 0 Å². The molecule has 2 N–H and O–H groups in total. The predicted octanol–water partition coefficient (Wildman–Crippen LogP) is 6.42. The summed E-state index contributed by atoms with van der Waals surface area (Å²) in [6, 6.07) is 4.38. The molecule has 182 valence electrons. The summed E-state index contributed by atoms with van der Waals surface area (Å²) in [5.74, 6) is 5.19. The van der Waals surface area contributed by atoms with Crippen molar-refractivity contribution in [1.29, 1.82) is 0 Å². The number of alkyl halides is 1. The molecule has 34 heavy (non-hydrogen) atoms. The van der Waals surface area contributed by atoms with Gasteiger partial charge in [0.2, 0.25) is 0 Å². The van der Waals surface area contributed by atoms with Crippen molar-refractivity contribution in [3.63, 3.8) is 0 Å². The molecule has 0 saturated carbocycles. The van der Waals surface area contributed by atoms with E-state index >= 15 is 0 Å². The number of hydrazone groups is 1. The van der Waals surface area contributed by atoms with Crippen LogP contribution in [-0.4, -0.2) is 34.9 Å². The summed E-state index contributed by atoms with van der Waals surface area (Å²) >= 11 is 0. The van der Waals surface area contributed by atoms with Crippen LogP contribution in [0.15, 0.2) is 47.4 Å². The van der Waals surface area contributed by atoms with E-state index in [2.05, 4.69) is 34.0 Å². The maximum atomic E-state index is 14.6. The maximum Gasteiger partial charge on any atom is 0.130 e.